The van der Waals surface area contributed by atoms with Gasteiger partial charge in [0.1, 0.15) is 0 Å². The summed E-state index contributed by atoms with van der Waals surface area (Å²) in [7, 11) is 0. The molecule has 28 heavy (non-hydrogen) atoms. The highest BCUT2D eigenvalue weighted by Crippen LogP contribution is 2.30. The van der Waals surface area contributed by atoms with Crippen molar-refractivity contribution in [2.75, 3.05) is 11.9 Å². The fourth-order valence-electron chi connectivity index (χ4n) is 3.48. The number of nitrogens with zero attached hydrogens (tertiary/aromatic N) is 1. The van der Waals surface area contributed by atoms with Crippen molar-refractivity contribution in [1.82, 2.24) is 9.88 Å². The zero-order valence-electron chi connectivity index (χ0n) is 15.6. The van der Waals surface area contributed by atoms with Crippen LogP contribution in [0.25, 0.3) is 21.8 Å². The Labute approximate surface area is 167 Å². The Morgan fingerprint density at radius 1 is 1.04 bits per heavy atom. The maximum Gasteiger partial charge on any atom is 0.252 e. The maximum atomic E-state index is 12.3. The van der Waals surface area contributed by atoms with E-state index in [1.54, 1.807) is 11.4 Å². The van der Waals surface area contributed by atoms with Gasteiger partial charge in [-0.25, -0.2) is 0 Å². The van der Waals surface area contributed by atoms with E-state index in [0.717, 1.165) is 23.1 Å². The summed E-state index contributed by atoms with van der Waals surface area (Å²) in [5.41, 5.74) is 3.74. The first-order valence-corrected chi connectivity index (χ1v) is 10.2. The van der Waals surface area contributed by atoms with Gasteiger partial charge in [-0.2, -0.15) is 11.3 Å². The third kappa shape index (κ3) is 3.51. The summed E-state index contributed by atoms with van der Waals surface area (Å²) in [6.07, 6.45) is 0.227. The molecule has 4 rings (SSSR count). The van der Waals surface area contributed by atoms with E-state index < -0.39 is 0 Å². The van der Waals surface area contributed by atoms with E-state index in [1.165, 1.54) is 22.2 Å². The molecule has 0 unspecified atom stereocenters. The van der Waals surface area contributed by atoms with Crippen LogP contribution in [0, 0.1) is 0 Å². The lowest BCUT2D eigenvalue weighted by molar-refractivity contribution is -0.116. The van der Waals surface area contributed by atoms with Crippen LogP contribution < -0.4 is 10.6 Å². The Morgan fingerprint density at radius 3 is 2.64 bits per heavy atom. The first-order chi connectivity index (χ1) is 13.7. The Balaban J connectivity index is 1.45. The van der Waals surface area contributed by atoms with Gasteiger partial charge >= 0.3 is 0 Å². The van der Waals surface area contributed by atoms with E-state index in [1.807, 2.05) is 35.7 Å². The van der Waals surface area contributed by atoms with Gasteiger partial charge in [-0.1, -0.05) is 18.2 Å². The molecule has 2 amide bonds. The van der Waals surface area contributed by atoms with Crippen molar-refractivity contribution in [3.05, 3.63) is 64.9 Å². The van der Waals surface area contributed by atoms with Gasteiger partial charge < -0.3 is 15.2 Å². The summed E-state index contributed by atoms with van der Waals surface area (Å²) in [5.74, 6) is -0.271. The van der Waals surface area contributed by atoms with Crippen LogP contribution in [0.3, 0.4) is 0 Å². The summed E-state index contributed by atoms with van der Waals surface area (Å²) >= 11 is 1.47. The Morgan fingerprint density at radius 2 is 1.86 bits per heavy atom. The number of anilines is 1. The molecule has 0 bridgehead atoms. The summed E-state index contributed by atoms with van der Waals surface area (Å²) < 4.78 is 2.27. The molecule has 0 saturated carbocycles. The molecule has 5 nitrogen and oxygen atoms in total. The van der Waals surface area contributed by atoms with Gasteiger partial charge in [-0.3, -0.25) is 9.59 Å². The average molecular weight is 391 g/mol. The standard InChI is InChI=1S/C22H21N3O2S/c1-2-25-19-6-4-3-5-17(19)18-13-16(7-8-20(18)25)24-21(26)9-11-23-22(27)15-10-12-28-14-15/h3-8,10,12-14H,2,9,11H2,1H3,(H,23,27)(H,24,26). The smallest absolute Gasteiger partial charge is 0.252 e. The fourth-order valence-corrected chi connectivity index (χ4v) is 4.12. The van der Waals surface area contributed by atoms with Crippen LogP contribution in [0.2, 0.25) is 0 Å². The van der Waals surface area contributed by atoms with Crippen molar-refractivity contribution in [1.29, 1.82) is 0 Å². The average Bonchev–Trinajstić information content (AvgIpc) is 3.34. The van der Waals surface area contributed by atoms with Crippen molar-refractivity contribution >= 4 is 50.6 Å². The van der Waals surface area contributed by atoms with Crippen LogP contribution in [0.4, 0.5) is 5.69 Å². The minimum absolute atomic E-state index is 0.121. The van der Waals surface area contributed by atoms with Gasteiger partial charge in [0.05, 0.1) is 0 Å². The number of hydrogen-bond acceptors (Lipinski definition) is 3. The number of carbonyl (C=O) groups excluding carboxylic acids is 2. The number of thiophene rings is 1. The molecule has 0 aliphatic heterocycles. The number of hydrogen-bond donors (Lipinski definition) is 2. The lowest BCUT2D eigenvalue weighted by Gasteiger charge is -2.07. The summed E-state index contributed by atoms with van der Waals surface area (Å²) in [6.45, 7) is 3.32. The van der Waals surface area contributed by atoms with Crippen LogP contribution in [0.15, 0.2) is 59.3 Å². The molecule has 6 heteroatoms. The highest BCUT2D eigenvalue weighted by Gasteiger charge is 2.11. The van der Waals surface area contributed by atoms with Crippen LogP contribution in [-0.4, -0.2) is 22.9 Å². The summed E-state index contributed by atoms with van der Waals surface area (Å²) in [4.78, 5) is 24.2. The molecule has 2 aromatic heterocycles. The van der Waals surface area contributed by atoms with E-state index in [-0.39, 0.29) is 18.2 Å². The maximum absolute atomic E-state index is 12.3. The molecule has 0 aliphatic carbocycles. The van der Waals surface area contributed by atoms with Gasteiger partial charge in [0.25, 0.3) is 5.91 Å². The minimum Gasteiger partial charge on any atom is -0.351 e. The second kappa shape index (κ2) is 7.86. The molecule has 2 aromatic carbocycles. The number of aromatic nitrogens is 1. The Kier molecular flexibility index (Phi) is 5.12. The Bertz CT molecular complexity index is 1150. The topological polar surface area (TPSA) is 63.1 Å². The van der Waals surface area contributed by atoms with Crippen molar-refractivity contribution in [3.63, 3.8) is 0 Å². The fraction of sp³-hybridized carbons (Fsp3) is 0.182. The largest absolute Gasteiger partial charge is 0.351 e. The normalized spacial score (nSPS) is 11.0. The number of carbonyl (C=O) groups is 2. The van der Waals surface area contributed by atoms with E-state index in [0.29, 0.717) is 12.1 Å². The molecule has 0 atom stereocenters. The van der Waals surface area contributed by atoms with E-state index in [4.69, 9.17) is 0 Å². The third-order valence-corrected chi connectivity index (χ3v) is 5.48. The zero-order chi connectivity index (χ0) is 19.5. The molecule has 2 N–H and O–H groups in total. The number of fused-ring (bicyclic) bond motifs is 3. The molecule has 0 aliphatic rings. The van der Waals surface area contributed by atoms with Gasteiger partial charge in [-0.15, -0.1) is 0 Å². The zero-order valence-corrected chi connectivity index (χ0v) is 16.4. The van der Waals surface area contributed by atoms with Crippen LogP contribution in [0.1, 0.15) is 23.7 Å². The second-order valence-electron chi connectivity index (χ2n) is 6.56. The molecule has 142 valence electrons. The molecule has 0 saturated heterocycles. The second-order valence-corrected chi connectivity index (χ2v) is 7.34. The molecular weight excluding hydrogens is 370 g/mol. The number of para-hydroxylation sites is 1. The lowest BCUT2D eigenvalue weighted by atomic mass is 10.1. The Hall–Kier alpha value is -3.12. The number of benzene rings is 2. The van der Waals surface area contributed by atoms with Crippen LogP contribution >= 0.6 is 11.3 Å². The van der Waals surface area contributed by atoms with Gasteiger partial charge in [0, 0.05) is 57.9 Å². The number of aryl methyl sites for hydroxylation is 1. The molecule has 0 spiro atoms. The third-order valence-electron chi connectivity index (χ3n) is 4.79. The molecule has 4 aromatic rings. The predicted octanol–water partition coefficient (Wildman–Crippen LogP) is 4.63. The van der Waals surface area contributed by atoms with E-state index in [2.05, 4.69) is 34.3 Å². The number of rotatable bonds is 6. The summed E-state index contributed by atoms with van der Waals surface area (Å²) in [5, 5.41) is 11.7. The minimum atomic E-state index is -0.150. The van der Waals surface area contributed by atoms with Crippen molar-refractivity contribution in [3.8, 4) is 0 Å². The number of amides is 2. The predicted molar refractivity (Wildman–Crippen MR) is 115 cm³/mol. The molecule has 0 fully saturated rings. The van der Waals surface area contributed by atoms with Gasteiger partial charge in [0.15, 0.2) is 0 Å². The summed E-state index contributed by atoms with van der Waals surface area (Å²) in [6, 6.07) is 16.1. The van der Waals surface area contributed by atoms with Gasteiger partial charge in [-0.05, 0) is 42.6 Å². The molecule has 2 heterocycles. The lowest BCUT2D eigenvalue weighted by Crippen LogP contribution is -2.27. The van der Waals surface area contributed by atoms with E-state index >= 15 is 0 Å². The van der Waals surface area contributed by atoms with Crippen molar-refractivity contribution in [2.45, 2.75) is 19.9 Å². The highest BCUT2D eigenvalue weighted by molar-refractivity contribution is 7.08. The first-order valence-electron chi connectivity index (χ1n) is 9.28. The quantitative estimate of drug-likeness (QED) is 0.503. The van der Waals surface area contributed by atoms with Crippen molar-refractivity contribution < 1.29 is 9.59 Å². The van der Waals surface area contributed by atoms with Gasteiger partial charge in [0.2, 0.25) is 5.91 Å². The van der Waals surface area contributed by atoms with E-state index in [9.17, 15) is 9.59 Å². The van der Waals surface area contributed by atoms with Crippen molar-refractivity contribution in [2.24, 2.45) is 0 Å². The van der Waals surface area contributed by atoms with Crippen LogP contribution in [-0.2, 0) is 11.3 Å². The number of nitrogens with one attached hydrogen (secondary N) is 2. The first kappa shape index (κ1) is 18.3. The molecule has 0 radical (unpaired) electrons. The SMILES string of the molecule is CCn1c2ccccc2c2cc(NC(=O)CCNC(=O)c3ccsc3)ccc21. The monoisotopic (exact) mass is 391 g/mol. The molecular formula is C22H21N3O2S. The van der Waals surface area contributed by atoms with Crippen LogP contribution in [0.5, 0.6) is 0 Å². The highest BCUT2D eigenvalue weighted by atomic mass is 32.1.